The zero-order valence-corrected chi connectivity index (χ0v) is 18.7. The van der Waals surface area contributed by atoms with Gasteiger partial charge < -0.3 is 14.4 Å². The molecule has 0 bridgehead atoms. The summed E-state index contributed by atoms with van der Waals surface area (Å²) in [5, 5.41) is 0. The first kappa shape index (κ1) is 21.4. The van der Waals surface area contributed by atoms with Crippen molar-refractivity contribution in [2.45, 2.75) is 19.9 Å². The quantitative estimate of drug-likeness (QED) is 0.600. The second kappa shape index (κ2) is 8.75. The van der Waals surface area contributed by atoms with E-state index in [4.69, 9.17) is 9.47 Å². The molecule has 0 radical (unpaired) electrons. The van der Waals surface area contributed by atoms with Crippen molar-refractivity contribution in [3.63, 3.8) is 0 Å². The zero-order chi connectivity index (χ0) is 22.8. The Morgan fingerprint density at radius 3 is 1.88 bits per heavy atom. The third kappa shape index (κ3) is 3.91. The third-order valence-electron chi connectivity index (χ3n) is 5.90. The number of nitrogens with zero attached hydrogens (tertiary/aromatic N) is 2. The highest BCUT2D eigenvalue weighted by atomic mass is 16.5. The van der Waals surface area contributed by atoms with E-state index in [0.29, 0.717) is 22.7 Å². The number of anilines is 2. The highest BCUT2D eigenvalue weighted by Crippen LogP contribution is 2.36. The number of piperazine rings is 1. The molecule has 0 aliphatic carbocycles. The van der Waals surface area contributed by atoms with Crippen LogP contribution in [0.15, 0.2) is 66.7 Å². The maximum Gasteiger partial charge on any atom is 0.255 e. The van der Waals surface area contributed by atoms with Crippen molar-refractivity contribution in [3.05, 3.63) is 83.4 Å². The van der Waals surface area contributed by atoms with Crippen LogP contribution in [0.25, 0.3) is 0 Å². The number of benzene rings is 3. The van der Waals surface area contributed by atoms with Crippen molar-refractivity contribution in [2.75, 3.05) is 30.6 Å². The normalized spacial score (nSPS) is 16.3. The largest absolute Gasteiger partial charge is 0.497 e. The van der Waals surface area contributed by atoms with Crippen LogP contribution in [-0.4, -0.2) is 32.6 Å². The van der Waals surface area contributed by atoms with Crippen LogP contribution in [-0.2, 0) is 9.59 Å². The Balaban J connectivity index is 1.79. The SMILES string of the molecule is COc1ccc([C@@H]2C(=O)N(c3ccc(C)c(C)c3)CC(=O)N2c2ccc(OC)cc2)cc1. The Morgan fingerprint density at radius 2 is 1.31 bits per heavy atom. The molecule has 2 amide bonds. The van der Waals surface area contributed by atoms with Gasteiger partial charge in [-0.1, -0.05) is 18.2 Å². The van der Waals surface area contributed by atoms with Crippen LogP contribution >= 0.6 is 0 Å². The molecule has 0 unspecified atom stereocenters. The van der Waals surface area contributed by atoms with E-state index in [1.807, 2.05) is 44.2 Å². The molecule has 1 fully saturated rings. The number of carbonyl (C=O) groups is 2. The summed E-state index contributed by atoms with van der Waals surface area (Å²) in [5.74, 6) is 1.05. The molecule has 1 aliphatic rings. The molecule has 0 aromatic heterocycles. The second-order valence-corrected chi connectivity index (χ2v) is 7.83. The molecule has 32 heavy (non-hydrogen) atoms. The molecular weight excluding hydrogens is 404 g/mol. The van der Waals surface area contributed by atoms with Gasteiger partial charge in [0, 0.05) is 11.4 Å². The number of rotatable bonds is 5. The van der Waals surface area contributed by atoms with Gasteiger partial charge in [0.15, 0.2) is 0 Å². The van der Waals surface area contributed by atoms with E-state index in [2.05, 4.69) is 0 Å². The van der Waals surface area contributed by atoms with Gasteiger partial charge in [-0.15, -0.1) is 0 Å². The van der Waals surface area contributed by atoms with Gasteiger partial charge >= 0.3 is 0 Å². The van der Waals surface area contributed by atoms with Crippen LogP contribution in [0.4, 0.5) is 11.4 Å². The summed E-state index contributed by atoms with van der Waals surface area (Å²) in [6.45, 7) is 3.99. The summed E-state index contributed by atoms with van der Waals surface area (Å²) in [7, 11) is 3.18. The summed E-state index contributed by atoms with van der Waals surface area (Å²) in [6.07, 6.45) is 0. The zero-order valence-electron chi connectivity index (χ0n) is 18.7. The fraction of sp³-hybridized carbons (Fsp3) is 0.231. The first-order valence-electron chi connectivity index (χ1n) is 10.4. The molecule has 3 aromatic rings. The van der Waals surface area contributed by atoms with Gasteiger partial charge in [0.2, 0.25) is 5.91 Å². The van der Waals surface area contributed by atoms with Crippen LogP contribution in [0.1, 0.15) is 22.7 Å². The number of amides is 2. The minimum Gasteiger partial charge on any atom is -0.497 e. The summed E-state index contributed by atoms with van der Waals surface area (Å²) in [5.41, 5.74) is 4.29. The lowest BCUT2D eigenvalue weighted by Crippen LogP contribution is -2.56. The van der Waals surface area contributed by atoms with Crippen LogP contribution in [0.3, 0.4) is 0 Å². The average Bonchev–Trinajstić information content (AvgIpc) is 2.82. The Kier molecular flexibility index (Phi) is 5.86. The molecule has 1 saturated heterocycles. The van der Waals surface area contributed by atoms with Crippen LogP contribution in [0, 0.1) is 13.8 Å². The van der Waals surface area contributed by atoms with Gasteiger partial charge in [-0.3, -0.25) is 14.5 Å². The Labute approximate surface area is 188 Å². The van der Waals surface area contributed by atoms with Gasteiger partial charge in [-0.05, 0) is 79.1 Å². The Bertz CT molecular complexity index is 1140. The molecule has 3 aromatic carbocycles. The molecule has 1 atom stereocenters. The van der Waals surface area contributed by atoms with E-state index >= 15 is 0 Å². The summed E-state index contributed by atoms with van der Waals surface area (Å²) >= 11 is 0. The molecule has 164 valence electrons. The minimum absolute atomic E-state index is 0.0278. The van der Waals surface area contributed by atoms with Crippen molar-refractivity contribution < 1.29 is 19.1 Å². The maximum absolute atomic E-state index is 13.8. The monoisotopic (exact) mass is 430 g/mol. The average molecular weight is 431 g/mol. The molecule has 0 spiro atoms. The Hall–Kier alpha value is -3.80. The van der Waals surface area contributed by atoms with E-state index in [1.165, 1.54) is 0 Å². The number of ether oxygens (including phenoxy) is 2. The van der Waals surface area contributed by atoms with Gasteiger partial charge in [0.1, 0.15) is 24.1 Å². The predicted molar refractivity (Wildman–Crippen MR) is 124 cm³/mol. The van der Waals surface area contributed by atoms with Crippen molar-refractivity contribution >= 4 is 23.2 Å². The van der Waals surface area contributed by atoms with Crippen molar-refractivity contribution in [2.24, 2.45) is 0 Å². The topological polar surface area (TPSA) is 59.1 Å². The Morgan fingerprint density at radius 1 is 0.750 bits per heavy atom. The lowest BCUT2D eigenvalue weighted by Gasteiger charge is -2.40. The molecule has 1 aliphatic heterocycles. The maximum atomic E-state index is 13.8. The lowest BCUT2D eigenvalue weighted by atomic mass is 9.98. The van der Waals surface area contributed by atoms with Crippen molar-refractivity contribution in [1.82, 2.24) is 0 Å². The lowest BCUT2D eigenvalue weighted by molar-refractivity contribution is -0.128. The summed E-state index contributed by atoms with van der Waals surface area (Å²) < 4.78 is 10.5. The van der Waals surface area contributed by atoms with E-state index in [0.717, 1.165) is 16.8 Å². The van der Waals surface area contributed by atoms with E-state index in [1.54, 1.807) is 60.4 Å². The number of hydrogen-bond acceptors (Lipinski definition) is 4. The second-order valence-electron chi connectivity index (χ2n) is 7.83. The fourth-order valence-corrected chi connectivity index (χ4v) is 3.92. The van der Waals surface area contributed by atoms with Gasteiger partial charge in [-0.25, -0.2) is 0 Å². The van der Waals surface area contributed by atoms with E-state index in [-0.39, 0.29) is 18.4 Å². The third-order valence-corrected chi connectivity index (χ3v) is 5.90. The number of methoxy groups -OCH3 is 2. The first-order valence-corrected chi connectivity index (χ1v) is 10.4. The molecule has 1 heterocycles. The standard InChI is InChI=1S/C26H26N2O4/c1-17-5-8-21(15-18(17)2)27-16-24(29)28(20-9-13-23(32-4)14-10-20)25(26(27)30)19-6-11-22(31-3)12-7-19/h5-15,25H,16H2,1-4H3/t25-/m1/s1. The molecule has 4 rings (SSSR count). The fourth-order valence-electron chi connectivity index (χ4n) is 3.92. The van der Waals surface area contributed by atoms with Crippen LogP contribution < -0.4 is 19.3 Å². The summed E-state index contributed by atoms with van der Waals surface area (Å²) in [4.78, 5) is 30.4. The van der Waals surface area contributed by atoms with Crippen LogP contribution in [0.2, 0.25) is 0 Å². The molecule has 0 saturated carbocycles. The first-order chi connectivity index (χ1) is 15.4. The number of carbonyl (C=O) groups excluding carboxylic acids is 2. The highest BCUT2D eigenvalue weighted by molar-refractivity contribution is 6.14. The summed E-state index contributed by atoms with van der Waals surface area (Å²) in [6, 6.07) is 19.4. The smallest absolute Gasteiger partial charge is 0.255 e. The molecular formula is C26H26N2O4. The molecule has 6 heteroatoms. The van der Waals surface area contributed by atoms with Gasteiger partial charge in [0.25, 0.3) is 5.91 Å². The highest BCUT2D eigenvalue weighted by Gasteiger charge is 2.42. The van der Waals surface area contributed by atoms with E-state index < -0.39 is 6.04 Å². The van der Waals surface area contributed by atoms with Crippen molar-refractivity contribution in [3.8, 4) is 11.5 Å². The van der Waals surface area contributed by atoms with Gasteiger partial charge in [0.05, 0.1) is 14.2 Å². The number of aryl methyl sites for hydroxylation is 2. The van der Waals surface area contributed by atoms with Crippen molar-refractivity contribution in [1.29, 1.82) is 0 Å². The molecule has 6 nitrogen and oxygen atoms in total. The number of hydrogen-bond donors (Lipinski definition) is 0. The van der Waals surface area contributed by atoms with Crippen LogP contribution in [0.5, 0.6) is 11.5 Å². The van der Waals surface area contributed by atoms with Gasteiger partial charge in [-0.2, -0.15) is 0 Å². The van der Waals surface area contributed by atoms with E-state index in [9.17, 15) is 9.59 Å². The molecule has 0 N–H and O–H groups in total. The predicted octanol–water partition coefficient (Wildman–Crippen LogP) is 4.44. The minimum atomic E-state index is -0.794.